The summed E-state index contributed by atoms with van der Waals surface area (Å²) >= 11 is 0. The maximum atomic E-state index is 13.7. The van der Waals surface area contributed by atoms with E-state index < -0.39 is 31.0 Å². The predicted octanol–water partition coefficient (Wildman–Crippen LogP) is 1.53. The van der Waals surface area contributed by atoms with E-state index in [1.54, 1.807) is 0 Å². The van der Waals surface area contributed by atoms with E-state index in [0.29, 0.717) is 12.8 Å². The fourth-order valence-corrected chi connectivity index (χ4v) is 4.17. The van der Waals surface area contributed by atoms with Gasteiger partial charge >= 0.3 is 0 Å². The van der Waals surface area contributed by atoms with Gasteiger partial charge in [0.1, 0.15) is 6.04 Å². The highest BCUT2D eigenvalue weighted by Gasteiger charge is 2.51. The number of carbonyl (C=O) groups is 2. The molecule has 3 aliphatic rings. The fraction of sp³-hybridized carbons (Fsp3) is 0.529. The Morgan fingerprint density at radius 2 is 1.74 bits per heavy atom. The lowest BCUT2D eigenvalue weighted by molar-refractivity contribution is -0.136. The lowest BCUT2D eigenvalue weighted by atomic mass is 9.95. The molecule has 122 valence electrons. The van der Waals surface area contributed by atoms with Crippen molar-refractivity contribution in [3.05, 3.63) is 35.4 Å². The number of hydrogen-bond acceptors (Lipinski definition) is 2. The molecule has 1 aliphatic carbocycles. The molecule has 2 atom stereocenters. The van der Waals surface area contributed by atoms with Crippen LogP contribution in [0.2, 0.25) is 0 Å². The van der Waals surface area contributed by atoms with Crippen LogP contribution < -0.4 is 5.32 Å². The predicted molar refractivity (Wildman–Crippen MR) is 79.0 cm³/mol. The molecule has 2 heterocycles. The molecular weight excluding hydrogens is 302 g/mol. The van der Waals surface area contributed by atoms with Crippen molar-refractivity contribution in [2.24, 2.45) is 5.92 Å². The third-order valence-electron chi connectivity index (χ3n) is 5.22. The number of nitrogens with zero attached hydrogens (tertiary/aromatic N) is 1. The van der Waals surface area contributed by atoms with Crippen LogP contribution in [0.25, 0.3) is 0 Å². The van der Waals surface area contributed by atoms with Crippen LogP contribution in [-0.4, -0.2) is 41.3 Å². The Morgan fingerprint density at radius 1 is 1.09 bits per heavy atom. The third kappa shape index (κ3) is 2.50. The topological polar surface area (TPSA) is 49.4 Å². The Morgan fingerprint density at radius 3 is 2.39 bits per heavy atom. The molecule has 1 aromatic rings. The Bertz CT molecular complexity index is 651. The highest BCUT2D eigenvalue weighted by atomic mass is 19.3. The first-order valence-electron chi connectivity index (χ1n) is 7.97. The monoisotopic (exact) mass is 320 g/mol. The normalized spacial score (nSPS) is 29.9. The molecule has 4 nitrogen and oxygen atoms in total. The SMILES string of the molecule is O=C1CC2CC(F)(F)CN2C(=O)C(C2Cc3ccccc3C2)N1. The number of carbonyl (C=O) groups excluding carboxylic acids is 2. The second-order valence-corrected chi connectivity index (χ2v) is 6.87. The number of rotatable bonds is 1. The number of nitrogens with one attached hydrogen (secondary N) is 1. The summed E-state index contributed by atoms with van der Waals surface area (Å²) in [5.41, 5.74) is 2.35. The molecule has 2 saturated heterocycles. The molecule has 1 aromatic carbocycles. The molecule has 2 amide bonds. The van der Waals surface area contributed by atoms with Crippen molar-refractivity contribution in [1.82, 2.24) is 10.2 Å². The van der Waals surface area contributed by atoms with Crippen LogP contribution in [0, 0.1) is 5.92 Å². The Hall–Kier alpha value is -1.98. The molecule has 4 rings (SSSR count). The summed E-state index contributed by atoms with van der Waals surface area (Å²) in [5, 5.41) is 2.79. The molecule has 2 aliphatic heterocycles. The molecule has 0 spiro atoms. The van der Waals surface area contributed by atoms with Crippen molar-refractivity contribution in [3.63, 3.8) is 0 Å². The first kappa shape index (κ1) is 14.6. The van der Waals surface area contributed by atoms with Gasteiger partial charge in [-0.1, -0.05) is 24.3 Å². The molecule has 6 heteroatoms. The molecule has 0 aromatic heterocycles. The molecular formula is C17H18F2N2O2. The van der Waals surface area contributed by atoms with E-state index in [9.17, 15) is 18.4 Å². The van der Waals surface area contributed by atoms with Crippen LogP contribution in [0.5, 0.6) is 0 Å². The van der Waals surface area contributed by atoms with Crippen LogP contribution in [0.3, 0.4) is 0 Å². The zero-order valence-corrected chi connectivity index (χ0v) is 12.6. The van der Waals surface area contributed by atoms with Crippen molar-refractivity contribution in [2.45, 2.75) is 43.7 Å². The van der Waals surface area contributed by atoms with Gasteiger partial charge < -0.3 is 10.2 Å². The molecule has 2 unspecified atom stereocenters. The van der Waals surface area contributed by atoms with Gasteiger partial charge in [-0.05, 0) is 29.9 Å². The number of halogens is 2. The van der Waals surface area contributed by atoms with Gasteiger partial charge in [0, 0.05) is 18.9 Å². The summed E-state index contributed by atoms with van der Waals surface area (Å²) in [6.07, 6.45) is 0.949. The first-order chi connectivity index (χ1) is 10.9. The zero-order valence-electron chi connectivity index (χ0n) is 12.6. The van der Waals surface area contributed by atoms with Crippen LogP contribution in [0.1, 0.15) is 24.0 Å². The average Bonchev–Trinajstić information content (AvgIpc) is 3.01. The van der Waals surface area contributed by atoms with Gasteiger partial charge in [0.05, 0.1) is 6.54 Å². The van der Waals surface area contributed by atoms with E-state index in [0.717, 1.165) is 0 Å². The summed E-state index contributed by atoms with van der Waals surface area (Å²) in [6, 6.07) is 6.56. The van der Waals surface area contributed by atoms with E-state index in [-0.39, 0.29) is 24.2 Å². The number of alkyl halides is 2. The van der Waals surface area contributed by atoms with Crippen LogP contribution in [0.4, 0.5) is 8.78 Å². The van der Waals surface area contributed by atoms with Crippen LogP contribution in [-0.2, 0) is 22.4 Å². The van der Waals surface area contributed by atoms with Gasteiger partial charge in [-0.3, -0.25) is 9.59 Å². The summed E-state index contributed by atoms with van der Waals surface area (Å²) in [4.78, 5) is 26.1. The van der Waals surface area contributed by atoms with E-state index in [2.05, 4.69) is 5.32 Å². The molecule has 0 radical (unpaired) electrons. The van der Waals surface area contributed by atoms with Crippen molar-refractivity contribution in [1.29, 1.82) is 0 Å². The highest BCUT2D eigenvalue weighted by molar-refractivity contribution is 5.91. The van der Waals surface area contributed by atoms with Gasteiger partial charge in [-0.25, -0.2) is 8.78 Å². The number of hydrogen-bond donors (Lipinski definition) is 1. The minimum atomic E-state index is -2.89. The van der Waals surface area contributed by atoms with Crippen molar-refractivity contribution >= 4 is 11.8 Å². The Balaban J connectivity index is 1.60. The number of amides is 2. The maximum absolute atomic E-state index is 13.7. The largest absolute Gasteiger partial charge is 0.344 e. The number of benzene rings is 1. The Kier molecular flexibility index (Phi) is 3.18. The fourth-order valence-electron chi connectivity index (χ4n) is 4.17. The van der Waals surface area contributed by atoms with E-state index in [4.69, 9.17) is 0 Å². The minimum absolute atomic E-state index is 0.0303. The summed E-state index contributed by atoms with van der Waals surface area (Å²) in [6.45, 7) is -0.568. The molecule has 1 N–H and O–H groups in total. The quantitative estimate of drug-likeness (QED) is 0.853. The second kappa shape index (κ2) is 5.01. The highest BCUT2D eigenvalue weighted by Crippen LogP contribution is 2.37. The van der Waals surface area contributed by atoms with Crippen molar-refractivity contribution < 1.29 is 18.4 Å². The number of fused-ring (bicyclic) bond motifs is 2. The van der Waals surface area contributed by atoms with Gasteiger partial charge in [0.2, 0.25) is 11.8 Å². The molecule has 23 heavy (non-hydrogen) atoms. The average molecular weight is 320 g/mol. The van der Waals surface area contributed by atoms with Crippen LogP contribution in [0.15, 0.2) is 24.3 Å². The lowest BCUT2D eigenvalue weighted by Gasteiger charge is -2.27. The summed E-state index contributed by atoms with van der Waals surface area (Å²) in [7, 11) is 0. The smallest absolute Gasteiger partial charge is 0.267 e. The Labute approximate surface area is 132 Å². The molecule has 0 saturated carbocycles. The zero-order chi connectivity index (χ0) is 16.2. The van der Waals surface area contributed by atoms with Gasteiger partial charge in [0.25, 0.3) is 5.92 Å². The van der Waals surface area contributed by atoms with E-state index >= 15 is 0 Å². The summed E-state index contributed by atoms with van der Waals surface area (Å²) in [5.74, 6) is -3.60. The second-order valence-electron chi connectivity index (χ2n) is 6.87. The molecule has 2 fully saturated rings. The summed E-state index contributed by atoms with van der Waals surface area (Å²) < 4.78 is 27.3. The van der Waals surface area contributed by atoms with Gasteiger partial charge in [-0.15, -0.1) is 0 Å². The van der Waals surface area contributed by atoms with Gasteiger partial charge in [-0.2, -0.15) is 0 Å². The standard InChI is InChI=1S/C17H18F2N2O2/c18-17(19)8-13-7-14(22)20-15(16(23)21(13)9-17)12-5-10-3-1-2-4-11(10)6-12/h1-4,12-13,15H,5-9H2,(H,20,22). The van der Waals surface area contributed by atoms with E-state index in [1.807, 2.05) is 24.3 Å². The first-order valence-corrected chi connectivity index (χ1v) is 7.97. The van der Waals surface area contributed by atoms with E-state index in [1.165, 1.54) is 16.0 Å². The van der Waals surface area contributed by atoms with Crippen molar-refractivity contribution in [3.8, 4) is 0 Å². The molecule has 0 bridgehead atoms. The van der Waals surface area contributed by atoms with Crippen molar-refractivity contribution in [2.75, 3.05) is 6.54 Å². The lowest BCUT2D eigenvalue weighted by Crippen LogP contribution is -2.50. The third-order valence-corrected chi connectivity index (χ3v) is 5.22. The van der Waals surface area contributed by atoms with Gasteiger partial charge in [0.15, 0.2) is 0 Å². The maximum Gasteiger partial charge on any atom is 0.267 e. The van der Waals surface area contributed by atoms with Crippen LogP contribution >= 0.6 is 0 Å². The minimum Gasteiger partial charge on any atom is -0.344 e.